The van der Waals surface area contributed by atoms with Crippen molar-refractivity contribution in [3.05, 3.63) is 59.3 Å². The first-order valence-electron chi connectivity index (χ1n) is 5.75. The highest BCUT2D eigenvalue weighted by atomic mass is 16.4. The maximum absolute atomic E-state index is 10.8. The summed E-state index contributed by atoms with van der Waals surface area (Å²) in [5, 5.41) is 8.83. The molecule has 0 saturated carbocycles. The van der Waals surface area contributed by atoms with Crippen LogP contribution in [0.25, 0.3) is 0 Å². The Morgan fingerprint density at radius 3 is 2.28 bits per heavy atom. The quantitative estimate of drug-likeness (QED) is 0.875. The topological polar surface area (TPSA) is 53.4 Å². The van der Waals surface area contributed by atoms with Gasteiger partial charge in [0.15, 0.2) is 0 Å². The molecule has 0 fully saturated rings. The Morgan fingerprint density at radius 1 is 1.11 bits per heavy atom. The van der Waals surface area contributed by atoms with E-state index in [0.717, 1.165) is 18.9 Å². The molecule has 2 heterocycles. The van der Waals surface area contributed by atoms with E-state index in [1.165, 1.54) is 17.3 Å². The van der Waals surface area contributed by atoms with E-state index in [1.807, 2.05) is 12.1 Å². The highest BCUT2D eigenvalue weighted by molar-refractivity contribution is 5.87. The van der Waals surface area contributed by atoms with Gasteiger partial charge < -0.3 is 10.0 Å². The molecule has 0 amide bonds. The highest BCUT2D eigenvalue weighted by Gasteiger charge is 2.19. The van der Waals surface area contributed by atoms with Crippen LogP contribution in [0.4, 0.5) is 5.82 Å². The molecule has 0 unspecified atom stereocenters. The third-order valence-electron chi connectivity index (χ3n) is 3.16. The van der Waals surface area contributed by atoms with E-state index in [-0.39, 0.29) is 5.56 Å². The van der Waals surface area contributed by atoms with Gasteiger partial charge in [0.1, 0.15) is 5.82 Å². The lowest BCUT2D eigenvalue weighted by molar-refractivity contribution is 0.0696. The van der Waals surface area contributed by atoms with Crippen molar-refractivity contribution in [3.8, 4) is 0 Å². The Labute approximate surface area is 105 Å². The Morgan fingerprint density at radius 2 is 1.78 bits per heavy atom. The fourth-order valence-electron chi connectivity index (χ4n) is 2.19. The Balaban J connectivity index is 1.84. The zero-order valence-corrected chi connectivity index (χ0v) is 9.71. The smallest absolute Gasteiger partial charge is 0.337 e. The Bertz CT molecular complexity index is 568. The van der Waals surface area contributed by atoms with E-state index >= 15 is 0 Å². The van der Waals surface area contributed by atoms with Gasteiger partial charge in [-0.1, -0.05) is 24.3 Å². The van der Waals surface area contributed by atoms with Crippen LogP contribution in [-0.4, -0.2) is 16.1 Å². The second kappa shape index (κ2) is 4.14. The lowest BCUT2D eigenvalue weighted by atomic mass is 10.1. The van der Waals surface area contributed by atoms with Crippen molar-refractivity contribution in [1.82, 2.24) is 4.98 Å². The zero-order chi connectivity index (χ0) is 12.5. The normalized spacial score (nSPS) is 13.4. The number of aromatic carboxylic acids is 1. The van der Waals surface area contributed by atoms with E-state index in [0.29, 0.717) is 0 Å². The monoisotopic (exact) mass is 240 g/mol. The number of nitrogens with zero attached hydrogens (tertiary/aromatic N) is 2. The molecule has 1 aliphatic rings. The van der Waals surface area contributed by atoms with Crippen molar-refractivity contribution in [2.75, 3.05) is 4.90 Å². The number of rotatable bonds is 2. The third kappa shape index (κ3) is 1.82. The molecule has 1 aromatic heterocycles. The molecule has 0 spiro atoms. The first-order valence-corrected chi connectivity index (χ1v) is 5.75. The van der Waals surface area contributed by atoms with Gasteiger partial charge in [-0.15, -0.1) is 0 Å². The maximum Gasteiger partial charge on any atom is 0.337 e. The van der Waals surface area contributed by atoms with Gasteiger partial charge in [-0.2, -0.15) is 0 Å². The summed E-state index contributed by atoms with van der Waals surface area (Å²) in [6, 6.07) is 11.6. The summed E-state index contributed by atoms with van der Waals surface area (Å²) in [5.74, 6) is -0.130. The number of anilines is 1. The van der Waals surface area contributed by atoms with E-state index in [2.05, 4.69) is 22.0 Å². The molecule has 4 heteroatoms. The summed E-state index contributed by atoms with van der Waals surface area (Å²) in [6.07, 6.45) is 1.40. The molecule has 0 bridgehead atoms. The summed E-state index contributed by atoms with van der Waals surface area (Å²) in [7, 11) is 0. The van der Waals surface area contributed by atoms with Gasteiger partial charge in [0.2, 0.25) is 0 Å². The first-order chi connectivity index (χ1) is 8.74. The van der Waals surface area contributed by atoms with Gasteiger partial charge in [-0.05, 0) is 23.3 Å². The maximum atomic E-state index is 10.8. The van der Waals surface area contributed by atoms with Crippen molar-refractivity contribution in [2.45, 2.75) is 13.1 Å². The Hall–Kier alpha value is -2.36. The summed E-state index contributed by atoms with van der Waals surface area (Å²) in [5.41, 5.74) is 2.83. The van der Waals surface area contributed by atoms with Crippen molar-refractivity contribution in [1.29, 1.82) is 0 Å². The Kier molecular flexibility index (Phi) is 2.48. The lowest BCUT2D eigenvalue weighted by Crippen LogP contribution is -2.16. The minimum Gasteiger partial charge on any atom is -0.478 e. The van der Waals surface area contributed by atoms with Crippen LogP contribution in [0.1, 0.15) is 21.5 Å². The van der Waals surface area contributed by atoms with Crippen LogP contribution in [0.2, 0.25) is 0 Å². The minimum absolute atomic E-state index is 0.218. The van der Waals surface area contributed by atoms with Crippen LogP contribution in [0, 0.1) is 0 Å². The molecule has 1 aromatic carbocycles. The second-order valence-electron chi connectivity index (χ2n) is 4.33. The average Bonchev–Trinajstić information content (AvgIpc) is 2.82. The predicted octanol–water partition coefficient (Wildman–Crippen LogP) is 2.30. The predicted molar refractivity (Wildman–Crippen MR) is 67.5 cm³/mol. The molecular weight excluding hydrogens is 228 g/mol. The molecule has 2 aromatic rings. The van der Waals surface area contributed by atoms with Gasteiger partial charge in [-0.3, -0.25) is 0 Å². The largest absolute Gasteiger partial charge is 0.478 e. The molecule has 0 atom stereocenters. The molecule has 0 aliphatic carbocycles. The van der Waals surface area contributed by atoms with Gasteiger partial charge >= 0.3 is 5.97 Å². The van der Waals surface area contributed by atoms with Gasteiger partial charge in [0, 0.05) is 19.3 Å². The van der Waals surface area contributed by atoms with Crippen LogP contribution >= 0.6 is 0 Å². The number of carboxylic acids is 1. The highest BCUT2D eigenvalue weighted by Crippen LogP contribution is 2.26. The average molecular weight is 240 g/mol. The first kappa shape index (κ1) is 10.8. The van der Waals surface area contributed by atoms with Crippen LogP contribution < -0.4 is 4.90 Å². The number of aromatic nitrogens is 1. The fraction of sp³-hybridized carbons (Fsp3) is 0.143. The number of carbonyl (C=O) groups is 1. The van der Waals surface area contributed by atoms with E-state index < -0.39 is 5.97 Å². The molecule has 1 aliphatic heterocycles. The van der Waals surface area contributed by atoms with Crippen molar-refractivity contribution >= 4 is 11.8 Å². The summed E-state index contributed by atoms with van der Waals surface area (Å²) < 4.78 is 0. The third-order valence-corrected chi connectivity index (χ3v) is 3.16. The molecule has 0 saturated heterocycles. The molecule has 1 N–H and O–H groups in total. The second-order valence-corrected chi connectivity index (χ2v) is 4.33. The number of carboxylic acid groups (broad SMARTS) is 1. The standard InChI is InChI=1S/C14H12N2O2/c17-14(18)10-5-6-13(15-7-10)16-8-11-3-1-2-4-12(11)9-16/h1-7H,8-9H2,(H,17,18). The summed E-state index contributed by atoms with van der Waals surface area (Å²) >= 11 is 0. The van der Waals surface area contributed by atoms with Gasteiger partial charge in [0.05, 0.1) is 5.56 Å². The van der Waals surface area contributed by atoms with Crippen molar-refractivity contribution in [2.24, 2.45) is 0 Å². The summed E-state index contributed by atoms with van der Waals surface area (Å²) in [4.78, 5) is 17.1. The van der Waals surface area contributed by atoms with Gasteiger partial charge in [0.25, 0.3) is 0 Å². The lowest BCUT2D eigenvalue weighted by Gasteiger charge is -2.16. The van der Waals surface area contributed by atoms with Gasteiger partial charge in [-0.25, -0.2) is 9.78 Å². The molecule has 3 rings (SSSR count). The molecule has 4 nitrogen and oxygen atoms in total. The van der Waals surface area contributed by atoms with Crippen LogP contribution in [0.3, 0.4) is 0 Å². The SMILES string of the molecule is O=C(O)c1ccc(N2Cc3ccccc3C2)nc1. The fourth-order valence-corrected chi connectivity index (χ4v) is 2.19. The zero-order valence-electron chi connectivity index (χ0n) is 9.71. The summed E-state index contributed by atoms with van der Waals surface area (Å²) in [6.45, 7) is 1.66. The number of fused-ring (bicyclic) bond motifs is 1. The van der Waals surface area contributed by atoms with Crippen LogP contribution in [0.5, 0.6) is 0 Å². The van der Waals surface area contributed by atoms with E-state index in [1.54, 1.807) is 12.1 Å². The van der Waals surface area contributed by atoms with Crippen molar-refractivity contribution in [3.63, 3.8) is 0 Å². The molecular formula is C14H12N2O2. The molecule has 90 valence electrons. The molecule has 0 radical (unpaired) electrons. The number of hydrogen-bond donors (Lipinski definition) is 1. The molecule has 18 heavy (non-hydrogen) atoms. The van der Waals surface area contributed by atoms with E-state index in [9.17, 15) is 4.79 Å². The minimum atomic E-state index is -0.946. The number of pyridine rings is 1. The number of hydrogen-bond acceptors (Lipinski definition) is 3. The van der Waals surface area contributed by atoms with Crippen LogP contribution in [0.15, 0.2) is 42.6 Å². The number of benzene rings is 1. The van der Waals surface area contributed by atoms with Crippen molar-refractivity contribution < 1.29 is 9.90 Å². The van der Waals surface area contributed by atoms with E-state index in [4.69, 9.17) is 5.11 Å². The van der Waals surface area contributed by atoms with Crippen LogP contribution in [-0.2, 0) is 13.1 Å².